The molecule has 3 nitrogen and oxygen atoms in total. The summed E-state index contributed by atoms with van der Waals surface area (Å²) in [4.78, 5) is 14.8. The Morgan fingerprint density at radius 2 is 2.00 bits per heavy atom. The van der Waals surface area contributed by atoms with Crippen LogP contribution in [0.2, 0.25) is 0 Å². The van der Waals surface area contributed by atoms with E-state index in [4.69, 9.17) is 4.74 Å². The number of hydrogen-bond acceptors (Lipinski definition) is 3. The van der Waals surface area contributed by atoms with E-state index in [-0.39, 0.29) is 5.78 Å². The summed E-state index contributed by atoms with van der Waals surface area (Å²) in [5.74, 6) is 0.814. The summed E-state index contributed by atoms with van der Waals surface area (Å²) in [5.41, 5.74) is 1.79. The number of nitrogens with zero attached hydrogens (tertiary/aromatic N) is 1. The van der Waals surface area contributed by atoms with Crippen molar-refractivity contribution in [2.45, 2.75) is 53.0 Å². The van der Waals surface area contributed by atoms with E-state index < -0.39 is 0 Å². The second kappa shape index (κ2) is 8.83. The Hall–Kier alpha value is -1.35. The summed E-state index contributed by atoms with van der Waals surface area (Å²) in [7, 11) is 1.62. The molecule has 0 heterocycles. The van der Waals surface area contributed by atoms with Crippen molar-refractivity contribution in [3.05, 3.63) is 29.3 Å². The van der Waals surface area contributed by atoms with E-state index in [9.17, 15) is 4.79 Å². The van der Waals surface area contributed by atoms with Crippen molar-refractivity contribution in [3.8, 4) is 5.75 Å². The summed E-state index contributed by atoms with van der Waals surface area (Å²) in [6.07, 6.45) is 3.56. The van der Waals surface area contributed by atoms with Gasteiger partial charge < -0.3 is 4.74 Å². The number of benzene rings is 1. The minimum Gasteiger partial charge on any atom is -0.496 e. The molecule has 0 radical (unpaired) electrons. The number of hydrogen-bond donors (Lipinski definition) is 0. The first-order valence-corrected chi connectivity index (χ1v) is 7.91. The summed E-state index contributed by atoms with van der Waals surface area (Å²) >= 11 is 0. The molecule has 0 amide bonds. The van der Waals surface area contributed by atoms with E-state index in [1.165, 1.54) is 12.8 Å². The predicted octanol–water partition coefficient (Wildman–Crippen LogP) is 4.09. The number of methoxy groups -OCH3 is 1. The van der Waals surface area contributed by atoms with Crippen LogP contribution < -0.4 is 4.74 Å². The minimum absolute atomic E-state index is 0.136. The van der Waals surface area contributed by atoms with Gasteiger partial charge in [-0.2, -0.15) is 0 Å². The number of Topliss-reactive ketones (excluding diaryl/α,β-unsaturated/α-hetero) is 1. The van der Waals surface area contributed by atoms with E-state index in [1.54, 1.807) is 7.11 Å². The summed E-state index contributed by atoms with van der Waals surface area (Å²) < 4.78 is 5.35. The zero-order chi connectivity index (χ0) is 15.8. The van der Waals surface area contributed by atoms with Crippen LogP contribution in [0, 0.1) is 6.92 Å². The van der Waals surface area contributed by atoms with Crippen molar-refractivity contribution in [1.29, 1.82) is 0 Å². The Kier molecular flexibility index (Phi) is 7.44. The number of carbonyl (C=O) groups excluding carboxylic acids is 1. The highest BCUT2D eigenvalue weighted by Gasteiger charge is 2.18. The van der Waals surface area contributed by atoms with Crippen LogP contribution in [0.5, 0.6) is 5.75 Å². The van der Waals surface area contributed by atoms with E-state index in [1.807, 2.05) is 25.1 Å². The summed E-state index contributed by atoms with van der Waals surface area (Å²) in [5, 5.41) is 0. The number of carbonyl (C=O) groups is 1. The summed E-state index contributed by atoms with van der Waals surface area (Å²) in [6, 6.07) is 6.14. The number of ketones is 1. The summed E-state index contributed by atoms with van der Waals surface area (Å²) in [6.45, 7) is 9.92. The topological polar surface area (TPSA) is 29.5 Å². The molecule has 0 aromatic heterocycles. The maximum Gasteiger partial charge on any atom is 0.180 e. The largest absolute Gasteiger partial charge is 0.496 e. The van der Waals surface area contributed by atoms with Crippen LogP contribution in [0.1, 0.15) is 56.0 Å². The third-order valence-electron chi connectivity index (χ3n) is 3.78. The molecule has 0 aliphatic rings. The molecule has 118 valence electrons. The Labute approximate surface area is 129 Å². The molecule has 0 aliphatic heterocycles. The van der Waals surface area contributed by atoms with Crippen LogP contribution in [0.15, 0.2) is 18.2 Å². The van der Waals surface area contributed by atoms with Crippen molar-refractivity contribution in [1.82, 2.24) is 4.90 Å². The molecule has 0 fully saturated rings. The third-order valence-corrected chi connectivity index (χ3v) is 3.78. The fourth-order valence-corrected chi connectivity index (χ4v) is 2.38. The molecule has 0 N–H and O–H groups in total. The Morgan fingerprint density at radius 1 is 1.29 bits per heavy atom. The SMILES string of the molecule is CCCCCN(CC(=O)c1ccc(C)cc1OC)C(C)C. The molecule has 3 heteroatoms. The van der Waals surface area contributed by atoms with Gasteiger partial charge in [-0.05, 0) is 51.4 Å². The van der Waals surface area contributed by atoms with Gasteiger partial charge >= 0.3 is 0 Å². The average molecular weight is 291 g/mol. The lowest BCUT2D eigenvalue weighted by molar-refractivity contribution is 0.0901. The van der Waals surface area contributed by atoms with Gasteiger partial charge in [-0.3, -0.25) is 9.69 Å². The molecule has 0 bridgehead atoms. The van der Waals surface area contributed by atoms with Gasteiger partial charge in [0.25, 0.3) is 0 Å². The van der Waals surface area contributed by atoms with Gasteiger partial charge in [0.05, 0.1) is 19.2 Å². The van der Waals surface area contributed by atoms with Crippen molar-refractivity contribution in [2.24, 2.45) is 0 Å². The number of ether oxygens (including phenoxy) is 1. The lowest BCUT2D eigenvalue weighted by Gasteiger charge is -2.26. The predicted molar refractivity (Wildman–Crippen MR) is 88.3 cm³/mol. The van der Waals surface area contributed by atoms with Crippen LogP contribution in [-0.2, 0) is 0 Å². The van der Waals surface area contributed by atoms with Crippen LogP contribution in [-0.4, -0.2) is 36.9 Å². The molecule has 1 aromatic rings. The van der Waals surface area contributed by atoms with Gasteiger partial charge in [-0.25, -0.2) is 0 Å². The molecule has 0 atom stereocenters. The molecule has 1 aromatic carbocycles. The van der Waals surface area contributed by atoms with E-state index in [0.29, 0.717) is 23.9 Å². The third kappa shape index (κ3) is 5.50. The highest BCUT2D eigenvalue weighted by molar-refractivity contribution is 6.00. The molecule has 0 aliphatic carbocycles. The van der Waals surface area contributed by atoms with Crippen LogP contribution in [0.4, 0.5) is 0 Å². The zero-order valence-electron chi connectivity index (χ0n) is 14.1. The first-order chi connectivity index (χ1) is 9.99. The number of aryl methyl sites for hydroxylation is 1. The van der Waals surface area contributed by atoms with Gasteiger partial charge in [0.1, 0.15) is 5.75 Å². The maximum atomic E-state index is 12.6. The van der Waals surface area contributed by atoms with Gasteiger partial charge in [-0.15, -0.1) is 0 Å². The van der Waals surface area contributed by atoms with Crippen molar-refractivity contribution >= 4 is 5.78 Å². The van der Waals surface area contributed by atoms with E-state index in [2.05, 4.69) is 25.7 Å². The monoisotopic (exact) mass is 291 g/mol. The quantitative estimate of drug-likeness (QED) is 0.507. The molecular formula is C18H29NO2. The van der Waals surface area contributed by atoms with Crippen LogP contribution in [0.3, 0.4) is 0 Å². The van der Waals surface area contributed by atoms with E-state index >= 15 is 0 Å². The fourth-order valence-electron chi connectivity index (χ4n) is 2.38. The molecule has 0 saturated carbocycles. The number of unbranched alkanes of at least 4 members (excludes halogenated alkanes) is 2. The Morgan fingerprint density at radius 3 is 2.57 bits per heavy atom. The standard InChI is InChI=1S/C18H29NO2/c1-6-7-8-11-19(14(2)3)13-17(20)16-10-9-15(4)12-18(16)21-5/h9-10,12,14H,6-8,11,13H2,1-5H3. The highest BCUT2D eigenvalue weighted by Crippen LogP contribution is 2.21. The minimum atomic E-state index is 0.136. The lowest BCUT2D eigenvalue weighted by atomic mass is 10.1. The smallest absolute Gasteiger partial charge is 0.180 e. The van der Waals surface area contributed by atoms with Crippen molar-refractivity contribution in [3.63, 3.8) is 0 Å². The molecule has 0 unspecified atom stereocenters. The maximum absolute atomic E-state index is 12.6. The molecule has 0 saturated heterocycles. The Balaban J connectivity index is 2.77. The van der Waals surface area contributed by atoms with Crippen LogP contribution >= 0.6 is 0 Å². The first kappa shape index (κ1) is 17.7. The first-order valence-electron chi connectivity index (χ1n) is 7.91. The molecular weight excluding hydrogens is 262 g/mol. The molecule has 1 rings (SSSR count). The van der Waals surface area contributed by atoms with Crippen LogP contribution in [0.25, 0.3) is 0 Å². The van der Waals surface area contributed by atoms with Gasteiger partial charge in [0.2, 0.25) is 0 Å². The molecule has 0 spiro atoms. The average Bonchev–Trinajstić information content (AvgIpc) is 2.45. The molecule has 21 heavy (non-hydrogen) atoms. The fraction of sp³-hybridized carbons (Fsp3) is 0.611. The highest BCUT2D eigenvalue weighted by atomic mass is 16.5. The number of rotatable bonds is 9. The zero-order valence-corrected chi connectivity index (χ0v) is 14.1. The second-order valence-corrected chi connectivity index (χ2v) is 5.90. The van der Waals surface area contributed by atoms with Crippen molar-refractivity contribution in [2.75, 3.05) is 20.2 Å². The normalized spacial score (nSPS) is 11.2. The van der Waals surface area contributed by atoms with Gasteiger partial charge in [0.15, 0.2) is 5.78 Å². The van der Waals surface area contributed by atoms with E-state index in [0.717, 1.165) is 18.5 Å². The second-order valence-electron chi connectivity index (χ2n) is 5.90. The van der Waals surface area contributed by atoms with Gasteiger partial charge in [-0.1, -0.05) is 25.8 Å². The van der Waals surface area contributed by atoms with Gasteiger partial charge in [0, 0.05) is 6.04 Å². The van der Waals surface area contributed by atoms with Crippen molar-refractivity contribution < 1.29 is 9.53 Å². The Bertz CT molecular complexity index is 455. The lowest BCUT2D eigenvalue weighted by Crippen LogP contribution is -2.36.